The van der Waals surface area contributed by atoms with Gasteiger partial charge in [0.25, 0.3) is 23.4 Å². The van der Waals surface area contributed by atoms with E-state index in [2.05, 4.69) is 10.6 Å². The number of nitro groups is 1. The number of barbiturate groups is 1. The van der Waals surface area contributed by atoms with Crippen LogP contribution in [-0.2, 0) is 14.4 Å². The van der Waals surface area contributed by atoms with Gasteiger partial charge in [0.05, 0.1) is 29.9 Å². The first kappa shape index (κ1) is 28.6. The highest BCUT2D eigenvalue weighted by Gasteiger charge is 2.37. The molecule has 0 unspecified atom stereocenters. The first-order valence-electron chi connectivity index (χ1n) is 11.7. The maximum atomic E-state index is 13.1. The van der Waals surface area contributed by atoms with Crippen molar-refractivity contribution in [3.05, 3.63) is 86.9 Å². The highest BCUT2D eigenvalue weighted by molar-refractivity contribution is 6.39. The van der Waals surface area contributed by atoms with E-state index < -0.39 is 40.9 Å². The molecule has 41 heavy (non-hydrogen) atoms. The number of amides is 5. The van der Waals surface area contributed by atoms with E-state index in [1.54, 1.807) is 24.3 Å². The molecule has 1 saturated heterocycles. The third kappa shape index (κ3) is 6.42. The summed E-state index contributed by atoms with van der Waals surface area (Å²) in [7, 11) is 2.86. The number of nitro benzene ring substituents is 1. The molecule has 0 aromatic heterocycles. The lowest BCUT2D eigenvalue weighted by molar-refractivity contribution is -0.384. The normalized spacial score (nSPS) is 14.0. The third-order valence-electron chi connectivity index (χ3n) is 5.70. The van der Waals surface area contributed by atoms with Crippen molar-refractivity contribution in [1.29, 1.82) is 0 Å². The molecule has 1 fully saturated rings. The Kier molecular flexibility index (Phi) is 8.48. The Balaban J connectivity index is 1.53. The van der Waals surface area contributed by atoms with Gasteiger partial charge in [-0.1, -0.05) is 11.6 Å². The zero-order valence-corrected chi connectivity index (χ0v) is 22.3. The van der Waals surface area contributed by atoms with Crippen LogP contribution in [0.15, 0.2) is 66.2 Å². The number of urea groups is 1. The quantitative estimate of drug-likeness (QED) is 0.165. The Bertz CT molecular complexity index is 1570. The van der Waals surface area contributed by atoms with Crippen molar-refractivity contribution in [2.75, 3.05) is 31.0 Å². The van der Waals surface area contributed by atoms with E-state index in [0.29, 0.717) is 16.3 Å². The Hall–Kier alpha value is -5.43. The summed E-state index contributed by atoms with van der Waals surface area (Å²) in [6, 6.07) is 13.1. The van der Waals surface area contributed by atoms with E-state index in [9.17, 15) is 29.3 Å². The monoisotopic (exact) mass is 580 g/mol. The number of hydrogen-bond acceptors (Lipinski definition) is 9. The summed E-state index contributed by atoms with van der Waals surface area (Å²) < 4.78 is 16.0. The SMILES string of the molecule is COc1ccc(NC(=O)COc2c(Cl)cc(/C=C3/C(=O)NC(=O)N(c4ccc([N+](=O)[O-])cc4)C3=O)cc2OC)cc1. The number of benzene rings is 3. The number of rotatable bonds is 9. The fourth-order valence-corrected chi connectivity index (χ4v) is 4.03. The molecule has 0 atom stereocenters. The smallest absolute Gasteiger partial charge is 0.335 e. The van der Waals surface area contributed by atoms with Gasteiger partial charge in [-0.3, -0.25) is 29.8 Å². The summed E-state index contributed by atoms with van der Waals surface area (Å²) in [5, 5.41) is 15.7. The molecular weight excluding hydrogens is 560 g/mol. The van der Waals surface area contributed by atoms with E-state index in [1.807, 2.05) is 0 Å². The Morgan fingerprint density at radius 1 is 1.05 bits per heavy atom. The molecule has 5 amide bonds. The standard InChI is InChI=1S/C27H21ClN4O9/c1-39-19-9-3-16(4-10-19)29-23(33)14-41-24-21(28)12-15(13-22(24)40-2)11-20-25(34)30-27(36)31(26(20)35)17-5-7-18(8-6-17)32(37)38/h3-13H,14H2,1-2H3,(H,29,33)(H,30,34,36)/b20-11-. The minimum absolute atomic E-state index is 0.0143. The van der Waals surface area contributed by atoms with E-state index in [1.165, 1.54) is 44.6 Å². The van der Waals surface area contributed by atoms with Crippen LogP contribution in [0.3, 0.4) is 0 Å². The number of nitrogens with one attached hydrogen (secondary N) is 2. The summed E-state index contributed by atoms with van der Waals surface area (Å²) in [4.78, 5) is 61.4. The van der Waals surface area contributed by atoms with Gasteiger partial charge in [0.2, 0.25) is 0 Å². The summed E-state index contributed by atoms with van der Waals surface area (Å²) >= 11 is 6.38. The summed E-state index contributed by atoms with van der Waals surface area (Å²) in [6.07, 6.45) is 1.19. The summed E-state index contributed by atoms with van der Waals surface area (Å²) in [5.41, 5.74) is 0.139. The second-order valence-corrected chi connectivity index (χ2v) is 8.74. The molecule has 13 nitrogen and oxygen atoms in total. The fourth-order valence-electron chi connectivity index (χ4n) is 3.75. The van der Waals surface area contributed by atoms with Gasteiger partial charge in [-0.25, -0.2) is 9.69 Å². The number of halogens is 1. The number of carbonyl (C=O) groups excluding carboxylic acids is 4. The van der Waals surface area contributed by atoms with Crippen molar-refractivity contribution in [3.63, 3.8) is 0 Å². The Morgan fingerprint density at radius 2 is 1.73 bits per heavy atom. The molecule has 3 aromatic carbocycles. The van der Waals surface area contributed by atoms with Gasteiger partial charge in [0.15, 0.2) is 18.1 Å². The van der Waals surface area contributed by atoms with Gasteiger partial charge in [-0.05, 0) is 60.2 Å². The van der Waals surface area contributed by atoms with Gasteiger partial charge in [0.1, 0.15) is 11.3 Å². The highest BCUT2D eigenvalue weighted by atomic mass is 35.5. The zero-order valence-electron chi connectivity index (χ0n) is 21.5. The molecule has 210 valence electrons. The number of ether oxygens (including phenoxy) is 3. The van der Waals surface area contributed by atoms with Crippen LogP contribution >= 0.6 is 11.6 Å². The van der Waals surface area contributed by atoms with Crippen molar-refractivity contribution in [2.24, 2.45) is 0 Å². The van der Waals surface area contributed by atoms with Crippen LogP contribution in [0, 0.1) is 10.1 Å². The van der Waals surface area contributed by atoms with Gasteiger partial charge in [0, 0.05) is 17.8 Å². The van der Waals surface area contributed by atoms with Crippen molar-refractivity contribution < 1.29 is 38.3 Å². The average Bonchev–Trinajstić information content (AvgIpc) is 2.95. The van der Waals surface area contributed by atoms with E-state index in [0.717, 1.165) is 12.1 Å². The van der Waals surface area contributed by atoms with E-state index in [4.69, 9.17) is 25.8 Å². The van der Waals surface area contributed by atoms with Crippen LogP contribution in [0.2, 0.25) is 5.02 Å². The van der Waals surface area contributed by atoms with Crippen molar-refractivity contribution in [2.45, 2.75) is 0 Å². The predicted octanol–water partition coefficient (Wildman–Crippen LogP) is 3.95. The second kappa shape index (κ2) is 12.2. The molecule has 0 radical (unpaired) electrons. The molecule has 1 heterocycles. The topological polar surface area (TPSA) is 166 Å². The molecule has 1 aliphatic heterocycles. The summed E-state index contributed by atoms with van der Waals surface area (Å²) in [5.74, 6) is -1.61. The van der Waals surface area contributed by atoms with Crippen LogP contribution in [-0.4, -0.2) is 49.5 Å². The first-order valence-corrected chi connectivity index (χ1v) is 12.1. The molecular formula is C27H21ClN4O9. The molecule has 1 aliphatic rings. The predicted molar refractivity (Wildman–Crippen MR) is 147 cm³/mol. The lowest BCUT2D eigenvalue weighted by atomic mass is 10.1. The van der Waals surface area contributed by atoms with Crippen molar-refractivity contribution in [1.82, 2.24) is 5.32 Å². The van der Waals surface area contributed by atoms with Crippen LogP contribution in [0.4, 0.5) is 21.9 Å². The third-order valence-corrected chi connectivity index (χ3v) is 5.99. The van der Waals surface area contributed by atoms with Crippen LogP contribution in [0.1, 0.15) is 5.56 Å². The maximum absolute atomic E-state index is 13.1. The van der Waals surface area contributed by atoms with Crippen LogP contribution in [0.25, 0.3) is 6.08 Å². The van der Waals surface area contributed by atoms with Gasteiger partial charge in [-0.15, -0.1) is 0 Å². The van der Waals surface area contributed by atoms with Crippen molar-refractivity contribution >= 4 is 58.5 Å². The number of methoxy groups -OCH3 is 2. The van der Waals surface area contributed by atoms with Crippen LogP contribution < -0.4 is 29.7 Å². The molecule has 0 spiro atoms. The molecule has 0 aliphatic carbocycles. The lowest BCUT2D eigenvalue weighted by Crippen LogP contribution is -2.54. The first-order chi connectivity index (χ1) is 19.6. The number of hydrogen-bond donors (Lipinski definition) is 2. The fraction of sp³-hybridized carbons (Fsp3) is 0.111. The largest absolute Gasteiger partial charge is 0.497 e. The number of imide groups is 2. The zero-order chi connectivity index (χ0) is 29.7. The minimum atomic E-state index is -1.02. The van der Waals surface area contributed by atoms with Crippen molar-refractivity contribution in [3.8, 4) is 17.2 Å². The molecule has 14 heteroatoms. The van der Waals surface area contributed by atoms with E-state index >= 15 is 0 Å². The van der Waals surface area contributed by atoms with E-state index in [-0.39, 0.29) is 33.5 Å². The second-order valence-electron chi connectivity index (χ2n) is 8.33. The lowest BCUT2D eigenvalue weighted by Gasteiger charge is -2.26. The molecule has 3 aromatic rings. The highest BCUT2D eigenvalue weighted by Crippen LogP contribution is 2.37. The number of non-ortho nitro benzene ring substituents is 1. The number of carbonyl (C=O) groups is 4. The molecule has 2 N–H and O–H groups in total. The number of nitrogens with zero attached hydrogens (tertiary/aromatic N) is 2. The Labute approximate surface area is 237 Å². The van der Waals surface area contributed by atoms with Gasteiger partial charge >= 0.3 is 6.03 Å². The molecule has 0 bridgehead atoms. The average molecular weight is 581 g/mol. The van der Waals surface area contributed by atoms with Crippen LogP contribution in [0.5, 0.6) is 17.2 Å². The maximum Gasteiger partial charge on any atom is 0.335 e. The Morgan fingerprint density at radius 3 is 2.34 bits per heavy atom. The van der Waals surface area contributed by atoms with Gasteiger partial charge < -0.3 is 19.5 Å². The molecule has 4 rings (SSSR count). The minimum Gasteiger partial charge on any atom is -0.497 e. The summed E-state index contributed by atoms with van der Waals surface area (Å²) in [6.45, 7) is -0.407. The molecule has 0 saturated carbocycles. The van der Waals surface area contributed by atoms with Gasteiger partial charge in [-0.2, -0.15) is 0 Å². The number of anilines is 2.